The number of aromatic nitrogens is 1. The summed E-state index contributed by atoms with van der Waals surface area (Å²) in [5.41, 5.74) is 6.33. The van der Waals surface area contributed by atoms with Crippen molar-refractivity contribution in [1.29, 1.82) is 0 Å². The normalized spacial score (nSPS) is 13.8. The van der Waals surface area contributed by atoms with E-state index in [1.54, 1.807) is 0 Å². The minimum Gasteiger partial charge on any atom is -0.320 e. The predicted molar refractivity (Wildman–Crippen MR) is 110 cm³/mol. The van der Waals surface area contributed by atoms with Crippen molar-refractivity contribution in [1.82, 2.24) is 4.98 Å². The van der Waals surface area contributed by atoms with E-state index in [1.807, 2.05) is 12.3 Å². The summed E-state index contributed by atoms with van der Waals surface area (Å²) < 4.78 is 0. The van der Waals surface area contributed by atoms with Gasteiger partial charge in [-0.2, -0.15) is 0 Å². The number of hydrogen-bond donors (Lipinski definition) is 0. The highest BCUT2D eigenvalue weighted by atomic mass is 15.4. The Balaban J connectivity index is 1.74. The maximum Gasteiger partial charge on any atom is 0.158 e. The number of aryl methyl sites for hydroxylation is 1. The molecule has 2 aromatic carbocycles. The number of nitrogens with zero attached hydrogens (tertiary/aromatic N) is 3. The fourth-order valence-electron chi connectivity index (χ4n) is 3.51. The summed E-state index contributed by atoms with van der Waals surface area (Å²) >= 11 is 0. The van der Waals surface area contributed by atoms with E-state index in [-0.39, 0.29) is 5.41 Å². The molecule has 0 fully saturated rings. The molecule has 0 spiro atoms. The van der Waals surface area contributed by atoms with E-state index >= 15 is 0 Å². The number of benzene rings is 2. The molecule has 0 amide bonds. The molecule has 0 radical (unpaired) electrons. The van der Waals surface area contributed by atoms with Gasteiger partial charge in [0.2, 0.25) is 0 Å². The summed E-state index contributed by atoms with van der Waals surface area (Å²) in [7, 11) is 0. The Morgan fingerprint density at radius 1 is 0.808 bits per heavy atom. The van der Waals surface area contributed by atoms with E-state index in [9.17, 15) is 0 Å². The summed E-state index contributed by atoms with van der Waals surface area (Å²) in [5.74, 6) is 1.02. The summed E-state index contributed by atoms with van der Waals surface area (Å²) in [6.45, 7) is 9.66. The second-order valence-corrected chi connectivity index (χ2v) is 7.93. The Kier molecular flexibility index (Phi) is 3.95. The van der Waals surface area contributed by atoms with Gasteiger partial charge in [0, 0.05) is 17.6 Å². The molecule has 1 aromatic heterocycles. The fraction of sp³-hybridized carbons (Fsp3) is 0.261. The van der Waals surface area contributed by atoms with Crippen molar-refractivity contribution in [2.75, 3.05) is 16.5 Å². The summed E-state index contributed by atoms with van der Waals surface area (Å²) in [6.07, 6.45) is 1.87. The van der Waals surface area contributed by atoms with Crippen molar-refractivity contribution in [2.45, 2.75) is 33.1 Å². The first-order chi connectivity index (χ1) is 12.4. The van der Waals surface area contributed by atoms with E-state index in [0.29, 0.717) is 0 Å². The first kappa shape index (κ1) is 16.6. The first-order valence-electron chi connectivity index (χ1n) is 9.11. The van der Waals surface area contributed by atoms with Crippen LogP contribution < -0.4 is 9.80 Å². The molecule has 2 heterocycles. The van der Waals surface area contributed by atoms with Gasteiger partial charge >= 0.3 is 0 Å². The van der Waals surface area contributed by atoms with Crippen molar-refractivity contribution < 1.29 is 0 Å². The minimum absolute atomic E-state index is 0.163. The van der Waals surface area contributed by atoms with Crippen LogP contribution in [0.5, 0.6) is 0 Å². The maximum atomic E-state index is 4.68. The Labute approximate surface area is 155 Å². The molecule has 26 heavy (non-hydrogen) atoms. The fourth-order valence-corrected chi connectivity index (χ4v) is 3.51. The van der Waals surface area contributed by atoms with Gasteiger partial charge in [-0.3, -0.25) is 0 Å². The second kappa shape index (κ2) is 6.17. The third-order valence-electron chi connectivity index (χ3n) is 5.05. The molecule has 0 aliphatic carbocycles. The molecule has 1 aliphatic rings. The van der Waals surface area contributed by atoms with Crippen LogP contribution in [0.15, 0.2) is 66.9 Å². The molecular formula is C23H25N3. The number of anilines is 4. The molecule has 3 aromatic rings. The lowest BCUT2D eigenvalue weighted by molar-refractivity contribution is 0.590. The Bertz CT molecular complexity index is 923. The van der Waals surface area contributed by atoms with E-state index in [4.69, 9.17) is 0 Å². The molecular weight excluding hydrogens is 318 g/mol. The van der Waals surface area contributed by atoms with Crippen LogP contribution in [0.1, 0.15) is 31.9 Å². The van der Waals surface area contributed by atoms with Crippen LogP contribution in [0.4, 0.5) is 22.9 Å². The van der Waals surface area contributed by atoms with Crippen LogP contribution >= 0.6 is 0 Å². The van der Waals surface area contributed by atoms with Crippen LogP contribution in [0.3, 0.4) is 0 Å². The van der Waals surface area contributed by atoms with Gasteiger partial charge in [0.25, 0.3) is 0 Å². The Hall–Kier alpha value is -2.81. The number of rotatable bonds is 2. The van der Waals surface area contributed by atoms with Crippen LogP contribution in [0.25, 0.3) is 0 Å². The molecule has 4 rings (SSSR count). The van der Waals surface area contributed by atoms with Gasteiger partial charge in [0.05, 0.1) is 5.69 Å². The molecule has 0 atom stereocenters. The van der Waals surface area contributed by atoms with Crippen molar-refractivity contribution in [3.05, 3.63) is 78.0 Å². The molecule has 0 saturated carbocycles. The number of hydrogen-bond acceptors (Lipinski definition) is 3. The van der Waals surface area contributed by atoms with Gasteiger partial charge in [-0.05, 0) is 53.8 Å². The summed E-state index contributed by atoms with van der Waals surface area (Å²) in [4.78, 5) is 9.30. The summed E-state index contributed by atoms with van der Waals surface area (Å²) in [5, 5.41) is 0. The zero-order chi connectivity index (χ0) is 18.3. The number of pyridine rings is 1. The van der Waals surface area contributed by atoms with Crippen LogP contribution in [-0.4, -0.2) is 11.7 Å². The van der Waals surface area contributed by atoms with E-state index in [1.165, 1.54) is 22.5 Å². The topological polar surface area (TPSA) is 19.4 Å². The lowest BCUT2D eigenvalue weighted by atomic mass is 9.87. The standard InChI is InChI=1S/C23H25N3/c1-17-8-5-6-9-20(17)26-16-25(21-10-7-15-24-22(21)26)19-13-11-18(12-14-19)23(2,3)4/h5-15H,16H2,1-4H3. The van der Waals surface area contributed by atoms with Crippen LogP contribution in [-0.2, 0) is 5.41 Å². The largest absolute Gasteiger partial charge is 0.320 e. The van der Waals surface area contributed by atoms with Crippen molar-refractivity contribution in [3.8, 4) is 0 Å². The van der Waals surface area contributed by atoms with Crippen LogP contribution in [0, 0.1) is 6.92 Å². The van der Waals surface area contributed by atoms with Gasteiger partial charge in [0.15, 0.2) is 5.82 Å². The lowest BCUT2D eigenvalue weighted by Crippen LogP contribution is -2.24. The zero-order valence-corrected chi connectivity index (χ0v) is 15.9. The third kappa shape index (κ3) is 2.84. The van der Waals surface area contributed by atoms with E-state index < -0.39 is 0 Å². The lowest BCUT2D eigenvalue weighted by Gasteiger charge is -2.24. The van der Waals surface area contributed by atoms with Crippen molar-refractivity contribution in [2.24, 2.45) is 0 Å². The van der Waals surface area contributed by atoms with Gasteiger partial charge in [-0.1, -0.05) is 51.1 Å². The van der Waals surface area contributed by atoms with Crippen molar-refractivity contribution >= 4 is 22.9 Å². The average Bonchev–Trinajstić information content (AvgIpc) is 3.01. The number of para-hydroxylation sites is 1. The van der Waals surface area contributed by atoms with Crippen molar-refractivity contribution in [3.63, 3.8) is 0 Å². The Morgan fingerprint density at radius 2 is 1.50 bits per heavy atom. The molecule has 132 valence electrons. The van der Waals surface area contributed by atoms with E-state index in [0.717, 1.165) is 18.2 Å². The molecule has 0 unspecified atom stereocenters. The highest BCUT2D eigenvalue weighted by molar-refractivity contribution is 5.84. The Morgan fingerprint density at radius 3 is 2.19 bits per heavy atom. The monoisotopic (exact) mass is 343 g/mol. The summed E-state index contributed by atoms with van der Waals surface area (Å²) in [6, 6.07) is 21.6. The smallest absolute Gasteiger partial charge is 0.158 e. The van der Waals surface area contributed by atoms with Gasteiger partial charge < -0.3 is 9.80 Å². The predicted octanol–water partition coefficient (Wildman–Crippen LogP) is 5.93. The zero-order valence-electron chi connectivity index (χ0n) is 15.9. The highest BCUT2D eigenvalue weighted by Gasteiger charge is 2.29. The SMILES string of the molecule is Cc1ccccc1N1CN(c2ccc(C(C)(C)C)cc2)c2cccnc21. The third-order valence-corrected chi connectivity index (χ3v) is 5.05. The molecule has 1 aliphatic heterocycles. The minimum atomic E-state index is 0.163. The molecule has 0 bridgehead atoms. The first-order valence-corrected chi connectivity index (χ1v) is 9.11. The number of fused-ring (bicyclic) bond motifs is 1. The molecule has 3 heteroatoms. The highest BCUT2D eigenvalue weighted by Crippen LogP contribution is 2.43. The van der Waals surface area contributed by atoms with E-state index in [2.05, 4.69) is 97.1 Å². The van der Waals surface area contributed by atoms with Gasteiger partial charge in [0.1, 0.15) is 6.67 Å². The van der Waals surface area contributed by atoms with Gasteiger partial charge in [-0.25, -0.2) is 4.98 Å². The maximum absolute atomic E-state index is 4.68. The molecule has 3 nitrogen and oxygen atoms in total. The molecule has 0 saturated heterocycles. The van der Waals surface area contributed by atoms with Crippen LogP contribution in [0.2, 0.25) is 0 Å². The second-order valence-electron chi connectivity index (χ2n) is 7.93. The average molecular weight is 343 g/mol. The molecule has 0 N–H and O–H groups in total. The van der Waals surface area contributed by atoms with Gasteiger partial charge in [-0.15, -0.1) is 0 Å². The quantitative estimate of drug-likeness (QED) is 0.574.